The van der Waals surface area contributed by atoms with Crippen LogP contribution in [-0.2, 0) is 11.3 Å². The number of hydrogen-bond donors (Lipinski definition) is 1. The van der Waals surface area contributed by atoms with Gasteiger partial charge in [-0.2, -0.15) is 0 Å². The number of nitrogens with zero attached hydrogens (tertiary/aromatic N) is 2. The quantitative estimate of drug-likeness (QED) is 0.752. The molecule has 1 atom stereocenters. The van der Waals surface area contributed by atoms with Gasteiger partial charge in [0.05, 0.1) is 19.4 Å². The van der Waals surface area contributed by atoms with Crippen molar-refractivity contribution in [1.29, 1.82) is 0 Å². The van der Waals surface area contributed by atoms with Crippen LogP contribution in [0.4, 0.5) is 0 Å². The smallest absolute Gasteiger partial charge is 0.358 e. The van der Waals surface area contributed by atoms with Gasteiger partial charge >= 0.3 is 5.97 Å². The summed E-state index contributed by atoms with van der Waals surface area (Å²) in [7, 11) is 0. The Balaban J connectivity index is 1.55. The Bertz CT molecular complexity index is 873. The minimum Gasteiger partial charge on any atom is -0.476 e. The van der Waals surface area contributed by atoms with E-state index >= 15 is 0 Å². The highest BCUT2D eigenvalue weighted by molar-refractivity contribution is 5.87. The van der Waals surface area contributed by atoms with Gasteiger partial charge in [-0.3, -0.25) is 4.90 Å². The van der Waals surface area contributed by atoms with Crippen molar-refractivity contribution in [3.8, 4) is 11.5 Å². The molecule has 2 aromatic heterocycles. The van der Waals surface area contributed by atoms with Gasteiger partial charge in [0, 0.05) is 18.7 Å². The molecule has 0 bridgehead atoms. The summed E-state index contributed by atoms with van der Waals surface area (Å²) in [6.45, 7) is 2.15. The minimum absolute atomic E-state index is 0.0510. The molecule has 0 radical (unpaired) electrons. The summed E-state index contributed by atoms with van der Waals surface area (Å²) in [5, 5.41) is 9.48. The molecule has 7 heteroatoms. The molecule has 1 fully saturated rings. The Morgan fingerprint density at radius 3 is 2.81 bits per heavy atom. The normalized spacial score (nSPS) is 18.1. The third-order valence-corrected chi connectivity index (χ3v) is 4.30. The van der Waals surface area contributed by atoms with Crippen molar-refractivity contribution in [3.63, 3.8) is 0 Å². The maximum Gasteiger partial charge on any atom is 0.358 e. The lowest BCUT2D eigenvalue weighted by molar-refractivity contribution is -0.0444. The average Bonchev–Trinajstić information content (AvgIpc) is 3.33. The molecule has 26 heavy (non-hydrogen) atoms. The molecule has 134 valence electrons. The summed E-state index contributed by atoms with van der Waals surface area (Å²) in [5.74, 6) is 0.322. The minimum atomic E-state index is -1.10. The molecule has 0 aliphatic carbocycles. The first-order valence-corrected chi connectivity index (χ1v) is 8.36. The van der Waals surface area contributed by atoms with Crippen LogP contribution >= 0.6 is 0 Å². The first-order chi connectivity index (χ1) is 12.7. The van der Waals surface area contributed by atoms with Crippen molar-refractivity contribution >= 4 is 5.97 Å². The van der Waals surface area contributed by atoms with Gasteiger partial charge in [-0.25, -0.2) is 9.78 Å². The van der Waals surface area contributed by atoms with E-state index in [-0.39, 0.29) is 11.8 Å². The highest BCUT2D eigenvalue weighted by Crippen LogP contribution is 2.26. The Morgan fingerprint density at radius 1 is 1.23 bits per heavy atom. The van der Waals surface area contributed by atoms with E-state index in [2.05, 4.69) is 9.88 Å². The van der Waals surface area contributed by atoms with Crippen LogP contribution in [0.25, 0.3) is 11.5 Å². The van der Waals surface area contributed by atoms with Crippen molar-refractivity contribution in [1.82, 2.24) is 9.88 Å². The van der Waals surface area contributed by atoms with E-state index in [1.165, 1.54) is 0 Å². The first-order valence-electron chi connectivity index (χ1n) is 8.36. The van der Waals surface area contributed by atoms with Crippen molar-refractivity contribution in [3.05, 3.63) is 65.9 Å². The third kappa shape index (κ3) is 3.40. The summed E-state index contributed by atoms with van der Waals surface area (Å²) in [6.07, 6.45) is 1.44. The molecule has 4 rings (SSSR count). The molecule has 1 unspecified atom stereocenters. The number of rotatable bonds is 5. The number of oxazole rings is 1. The van der Waals surface area contributed by atoms with E-state index in [1.807, 2.05) is 42.5 Å². The molecule has 1 saturated heterocycles. The van der Waals surface area contributed by atoms with Crippen molar-refractivity contribution in [2.24, 2.45) is 0 Å². The van der Waals surface area contributed by atoms with Gasteiger partial charge in [-0.05, 0) is 24.3 Å². The number of aromatic nitrogens is 1. The topological polar surface area (TPSA) is 88.9 Å². The molecule has 0 saturated carbocycles. The molecule has 3 aromatic rings. The summed E-state index contributed by atoms with van der Waals surface area (Å²) in [4.78, 5) is 17.8. The van der Waals surface area contributed by atoms with E-state index in [0.717, 1.165) is 11.3 Å². The van der Waals surface area contributed by atoms with Gasteiger partial charge in [0.15, 0.2) is 11.5 Å². The van der Waals surface area contributed by atoms with Gasteiger partial charge in [0.25, 0.3) is 0 Å². The number of furan rings is 1. The van der Waals surface area contributed by atoms with Crippen molar-refractivity contribution in [2.45, 2.75) is 12.6 Å². The molecule has 7 nitrogen and oxygen atoms in total. The van der Waals surface area contributed by atoms with Crippen LogP contribution in [-0.4, -0.2) is 40.7 Å². The Labute approximate surface area is 149 Å². The first kappa shape index (κ1) is 16.6. The number of benzene rings is 1. The number of hydrogen-bond acceptors (Lipinski definition) is 6. The molecule has 1 N–H and O–H groups in total. The Kier molecular flexibility index (Phi) is 4.55. The van der Waals surface area contributed by atoms with Crippen LogP contribution in [0.2, 0.25) is 0 Å². The maximum atomic E-state index is 11.6. The zero-order valence-electron chi connectivity index (χ0n) is 14.0. The molecular weight excluding hydrogens is 336 g/mol. The lowest BCUT2D eigenvalue weighted by Crippen LogP contribution is -2.37. The predicted octanol–water partition coefficient (Wildman–Crippen LogP) is 3.21. The van der Waals surface area contributed by atoms with Crippen LogP contribution in [0.1, 0.15) is 28.1 Å². The zero-order valence-corrected chi connectivity index (χ0v) is 14.0. The molecule has 0 spiro atoms. The monoisotopic (exact) mass is 354 g/mol. The number of carboxylic acids is 1. The maximum absolute atomic E-state index is 11.6. The Hall–Kier alpha value is -2.90. The molecule has 1 aliphatic heterocycles. The van der Waals surface area contributed by atoms with Crippen LogP contribution in [0.5, 0.6) is 0 Å². The summed E-state index contributed by atoms with van der Waals surface area (Å²) in [5.41, 5.74) is 0.696. The highest BCUT2D eigenvalue weighted by atomic mass is 16.5. The number of morpholine rings is 1. The van der Waals surface area contributed by atoms with Gasteiger partial charge < -0.3 is 18.7 Å². The van der Waals surface area contributed by atoms with E-state index < -0.39 is 5.97 Å². The van der Waals surface area contributed by atoms with E-state index in [4.69, 9.17) is 13.6 Å². The predicted molar refractivity (Wildman–Crippen MR) is 91.6 cm³/mol. The van der Waals surface area contributed by atoms with Crippen molar-refractivity contribution in [2.75, 3.05) is 19.7 Å². The number of carboxylic acid groups (broad SMARTS) is 1. The van der Waals surface area contributed by atoms with Gasteiger partial charge in [-0.15, -0.1) is 0 Å². The van der Waals surface area contributed by atoms with Gasteiger partial charge in [-0.1, -0.05) is 18.2 Å². The summed E-state index contributed by atoms with van der Waals surface area (Å²) < 4.78 is 17.0. The lowest BCUT2D eigenvalue weighted by atomic mass is 10.2. The van der Waals surface area contributed by atoms with E-state index in [1.54, 1.807) is 6.26 Å². The molecule has 0 amide bonds. The number of aromatic carboxylic acids is 1. The lowest BCUT2D eigenvalue weighted by Gasteiger charge is -2.31. The second kappa shape index (κ2) is 7.15. The van der Waals surface area contributed by atoms with Crippen LogP contribution in [0.15, 0.2) is 57.6 Å². The third-order valence-electron chi connectivity index (χ3n) is 4.30. The molecule has 1 aliphatic rings. The fourth-order valence-electron chi connectivity index (χ4n) is 3.03. The second-order valence-corrected chi connectivity index (χ2v) is 6.07. The van der Waals surface area contributed by atoms with Crippen LogP contribution in [0.3, 0.4) is 0 Å². The fourth-order valence-corrected chi connectivity index (χ4v) is 3.03. The van der Waals surface area contributed by atoms with Crippen LogP contribution < -0.4 is 0 Å². The van der Waals surface area contributed by atoms with Crippen molar-refractivity contribution < 1.29 is 23.5 Å². The van der Waals surface area contributed by atoms with Crippen LogP contribution in [0, 0.1) is 0 Å². The summed E-state index contributed by atoms with van der Waals surface area (Å²) >= 11 is 0. The zero-order chi connectivity index (χ0) is 17.9. The SMILES string of the molecule is O=C(O)c1nc(-c2ccccc2)oc1CN1CCOC(c2ccco2)C1. The number of ether oxygens (including phenoxy) is 1. The fraction of sp³-hybridized carbons (Fsp3) is 0.263. The second-order valence-electron chi connectivity index (χ2n) is 6.07. The Morgan fingerprint density at radius 2 is 2.08 bits per heavy atom. The standard InChI is InChI=1S/C19H18N2O5/c22-19(23)17-16(26-18(20-17)13-5-2-1-3-6-13)12-21-8-10-25-15(11-21)14-7-4-9-24-14/h1-7,9,15H,8,10-12H2,(H,22,23). The average molecular weight is 354 g/mol. The molecular formula is C19H18N2O5. The van der Waals surface area contributed by atoms with E-state index in [9.17, 15) is 9.90 Å². The molecule has 3 heterocycles. The highest BCUT2D eigenvalue weighted by Gasteiger charge is 2.27. The van der Waals surface area contributed by atoms with E-state index in [0.29, 0.717) is 37.9 Å². The largest absolute Gasteiger partial charge is 0.476 e. The summed E-state index contributed by atoms with van der Waals surface area (Å²) in [6, 6.07) is 13.0. The number of carbonyl (C=O) groups is 1. The molecule has 1 aromatic carbocycles. The van der Waals surface area contributed by atoms with Gasteiger partial charge in [0.1, 0.15) is 11.9 Å². The van der Waals surface area contributed by atoms with Gasteiger partial charge in [0.2, 0.25) is 5.89 Å².